The minimum atomic E-state index is 0.0345. The number of hydrogen-bond donors (Lipinski definition) is 0. The van der Waals surface area contributed by atoms with Gasteiger partial charge in [0.1, 0.15) is 0 Å². The van der Waals surface area contributed by atoms with Gasteiger partial charge in [-0.25, -0.2) is 0 Å². The van der Waals surface area contributed by atoms with Crippen molar-refractivity contribution in [1.29, 1.82) is 0 Å². The minimum Gasteiger partial charge on any atom is -0.352 e. The summed E-state index contributed by atoms with van der Waals surface area (Å²) in [6, 6.07) is 0. The highest BCUT2D eigenvalue weighted by molar-refractivity contribution is 4.84. The second-order valence-corrected chi connectivity index (χ2v) is 6.38. The molecule has 1 heterocycles. The average molecular weight is 242 g/mol. The van der Waals surface area contributed by atoms with Gasteiger partial charge in [0, 0.05) is 5.41 Å². The molecule has 1 aliphatic heterocycles. The Labute approximate surface area is 107 Å². The molecular formula is C15H30O2. The summed E-state index contributed by atoms with van der Waals surface area (Å²) in [5.41, 5.74) is 0.147. The first-order valence-electron chi connectivity index (χ1n) is 7.24. The molecule has 0 N–H and O–H groups in total. The van der Waals surface area contributed by atoms with E-state index in [-0.39, 0.29) is 11.7 Å². The minimum absolute atomic E-state index is 0.0345. The van der Waals surface area contributed by atoms with Gasteiger partial charge >= 0.3 is 0 Å². The Bertz CT molecular complexity index is 211. The molecule has 0 aromatic heterocycles. The number of hydrogen-bond acceptors (Lipinski definition) is 2. The fourth-order valence-corrected chi connectivity index (χ4v) is 2.73. The summed E-state index contributed by atoms with van der Waals surface area (Å²) in [6.07, 6.45) is 6.55. The summed E-state index contributed by atoms with van der Waals surface area (Å²) in [7, 11) is 0. The standard InChI is InChI=1S/C15H30O2/c1-6-7-8-9-10-13-16-11-15(4,5)14(17-13)12(2)3/h12-14H,6-11H2,1-5H3/t13-,14-/m1/s1. The largest absolute Gasteiger partial charge is 0.352 e. The topological polar surface area (TPSA) is 18.5 Å². The van der Waals surface area contributed by atoms with E-state index in [0.29, 0.717) is 12.0 Å². The van der Waals surface area contributed by atoms with Crippen molar-refractivity contribution in [2.75, 3.05) is 6.61 Å². The first kappa shape index (κ1) is 15.0. The Morgan fingerprint density at radius 1 is 1.18 bits per heavy atom. The lowest BCUT2D eigenvalue weighted by atomic mass is 9.80. The van der Waals surface area contributed by atoms with Gasteiger partial charge in [0.25, 0.3) is 0 Å². The van der Waals surface area contributed by atoms with E-state index in [2.05, 4.69) is 34.6 Å². The van der Waals surface area contributed by atoms with Crippen molar-refractivity contribution in [2.45, 2.75) is 79.1 Å². The molecule has 1 rings (SSSR count). The van der Waals surface area contributed by atoms with Crippen LogP contribution in [-0.4, -0.2) is 19.0 Å². The maximum atomic E-state index is 6.12. The number of ether oxygens (including phenoxy) is 2. The van der Waals surface area contributed by atoms with Gasteiger partial charge in [-0.15, -0.1) is 0 Å². The summed E-state index contributed by atoms with van der Waals surface area (Å²) in [6.45, 7) is 12.0. The van der Waals surface area contributed by atoms with Crippen LogP contribution in [0.5, 0.6) is 0 Å². The summed E-state index contributed by atoms with van der Waals surface area (Å²) in [5, 5.41) is 0. The van der Waals surface area contributed by atoms with Crippen molar-refractivity contribution >= 4 is 0 Å². The Morgan fingerprint density at radius 2 is 1.88 bits per heavy atom. The van der Waals surface area contributed by atoms with Gasteiger partial charge < -0.3 is 9.47 Å². The van der Waals surface area contributed by atoms with Crippen molar-refractivity contribution in [3.05, 3.63) is 0 Å². The van der Waals surface area contributed by atoms with Crippen LogP contribution in [0.2, 0.25) is 0 Å². The van der Waals surface area contributed by atoms with E-state index in [1.807, 2.05) is 0 Å². The maximum Gasteiger partial charge on any atom is 0.158 e. The summed E-state index contributed by atoms with van der Waals surface area (Å²) < 4.78 is 12.0. The quantitative estimate of drug-likeness (QED) is 0.643. The molecule has 0 aromatic rings. The van der Waals surface area contributed by atoms with Crippen LogP contribution in [0.3, 0.4) is 0 Å². The van der Waals surface area contributed by atoms with Crippen LogP contribution in [0, 0.1) is 11.3 Å². The van der Waals surface area contributed by atoms with Crippen molar-refractivity contribution in [2.24, 2.45) is 11.3 Å². The molecule has 0 amide bonds. The summed E-state index contributed by atoms with van der Waals surface area (Å²) in [5.74, 6) is 0.562. The summed E-state index contributed by atoms with van der Waals surface area (Å²) in [4.78, 5) is 0. The van der Waals surface area contributed by atoms with Crippen LogP contribution >= 0.6 is 0 Å². The fourth-order valence-electron chi connectivity index (χ4n) is 2.73. The molecule has 2 heteroatoms. The zero-order valence-electron chi connectivity index (χ0n) is 12.3. The van der Waals surface area contributed by atoms with E-state index in [4.69, 9.17) is 9.47 Å². The second kappa shape index (κ2) is 6.75. The lowest BCUT2D eigenvalue weighted by Crippen LogP contribution is -2.48. The van der Waals surface area contributed by atoms with Gasteiger partial charge in [-0.05, 0) is 18.8 Å². The van der Waals surface area contributed by atoms with E-state index in [1.165, 1.54) is 25.7 Å². The molecular weight excluding hydrogens is 212 g/mol. The van der Waals surface area contributed by atoms with E-state index in [0.717, 1.165) is 13.0 Å². The third-order valence-electron chi connectivity index (χ3n) is 3.61. The lowest BCUT2D eigenvalue weighted by molar-refractivity contribution is -0.271. The molecule has 0 aliphatic carbocycles. The molecule has 0 aromatic carbocycles. The van der Waals surface area contributed by atoms with Gasteiger partial charge in [-0.1, -0.05) is 53.9 Å². The predicted molar refractivity (Wildman–Crippen MR) is 72.0 cm³/mol. The molecule has 0 radical (unpaired) electrons. The van der Waals surface area contributed by atoms with Crippen LogP contribution in [0.25, 0.3) is 0 Å². The van der Waals surface area contributed by atoms with Crippen LogP contribution < -0.4 is 0 Å². The third-order valence-corrected chi connectivity index (χ3v) is 3.61. The normalized spacial score (nSPS) is 28.6. The Morgan fingerprint density at radius 3 is 2.47 bits per heavy atom. The number of rotatable bonds is 6. The first-order valence-corrected chi connectivity index (χ1v) is 7.24. The molecule has 0 bridgehead atoms. The van der Waals surface area contributed by atoms with Gasteiger partial charge in [0.15, 0.2) is 6.29 Å². The first-order chi connectivity index (χ1) is 7.97. The van der Waals surface area contributed by atoms with Crippen molar-refractivity contribution in [1.82, 2.24) is 0 Å². The molecule has 1 saturated heterocycles. The molecule has 1 fully saturated rings. The van der Waals surface area contributed by atoms with Crippen molar-refractivity contribution < 1.29 is 9.47 Å². The Balaban J connectivity index is 2.35. The van der Waals surface area contributed by atoms with Crippen molar-refractivity contribution in [3.63, 3.8) is 0 Å². The van der Waals surface area contributed by atoms with E-state index in [1.54, 1.807) is 0 Å². The molecule has 17 heavy (non-hydrogen) atoms. The third kappa shape index (κ3) is 4.59. The smallest absolute Gasteiger partial charge is 0.158 e. The average Bonchev–Trinajstić information content (AvgIpc) is 2.25. The van der Waals surface area contributed by atoms with Gasteiger partial charge in [-0.3, -0.25) is 0 Å². The fraction of sp³-hybridized carbons (Fsp3) is 1.00. The maximum absolute atomic E-state index is 6.12. The van der Waals surface area contributed by atoms with E-state index < -0.39 is 0 Å². The molecule has 1 aliphatic rings. The SMILES string of the molecule is CCCCCC[C@@H]1OCC(C)(C)[C@@H](C(C)C)O1. The highest BCUT2D eigenvalue weighted by Crippen LogP contribution is 2.35. The van der Waals surface area contributed by atoms with Crippen LogP contribution in [0.15, 0.2) is 0 Å². The number of unbranched alkanes of at least 4 members (excludes halogenated alkanes) is 3. The van der Waals surface area contributed by atoms with Gasteiger partial charge in [0.2, 0.25) is 0 Å². The lowest BCUT2D eigenvalue weighted by Gasteiger charge is -2.44. The monoisotopic (exact) mass is 242 g/mol. The van der Waals surface area contributed by atoms with E-state index in [9.17, 15) is 0 Å². The van der Waals surface area contributed by atoms with Crippen LogP contribution in [0.4, 0.5) is 0 Å². The molecule has 0 saturated carbocycles. The van der Waals surface area contributed by atoms with Crippen LogP contribution in [-0.2, 0) is 9.47 Å². The second-order valence-electron chi connectivity index (χ2n) is 6.38. The highest BCUT2D eigenvalue weighted by Gasteiger charge is 2.39. The zero-order valence-corrected chi connectivity index (χ0v) is 12.3. The van der Waals surface area contributed by atoms with E-state index >= 15 is 0 Å². The molecule has 2 nitrogen and oxygen atoms in total. The Hall–Kier alpha value is -0.0800. The predicted octanol–water partition coefficient (Wildman–Crippen LogP) is 4.38. The zero-order chi connectivity index (χ0) is 12.9. The molecule has 0 unspecified atom stereocenters. The molecule has 0 spiro atoms. The highest BCUT2D eigenvalue weighted by atomic mass is 16.7. The molecule has 2 atom stereocenters. The molecule has 102 valence electrons. The van der Waals surface area contributed by atoms with Gasteiger partial charge in [-0.2, -0.15) is 0 Å². The Kier molecular flexibility index (Phi) is 5.94. The van der Waals surface area contributed by atoms with Crippen molar-refractivity contribution in [3.8, 4) is 0 Å². The van der Waals surface area contributed by atoms with Crippen LogP contribution in [0.1, 0.15) is 66.7 Å². The summed E-state index contributed by atoms with van der Waals surface area (Å²) >= 11 is 0. The van der Waals surface area contributed by atoms with Gasteiger partial charge in [0.05, 0.1) is 12.7 Å².